The van der Waals surface area contributed by atoms with Crippen LogP contribution in [0.3, 0.4) is 0 Å². The number of ether oxygens (including phenoxy) is 1. The minimum absolute atomic E-state index is 0.163. The van der Waals surface area contributed by atoms with Gasteiger partial charge >= 0.3 is 6.09 Å². The van der Waals surface area contributed by atoms with Crippen LogP contribution in [-0.2, 0) is 4.74 Å². The molecule has 1 aromatic rings. The van der Waals surface area contributed by atoms with Crippen LogP contribution < -0.4 is 4.90 Å². The monoisotopic (exact) mass is 359 g/mol. The lowest BCUT2D eigenvalue weighted by Crippen LogP contribution is -2.46. The number of nitrogens with zero attached hydrogens (tertiary/aromatic N) is 3. The van der Waals surface area contributed by atoms with Crippen LogP contribution in [0.15, 0.2) is 24.5 Å². The molecule has 2 aliphatic heterocycles. The summed E-state index contributed by atoms with van der Waals surface area (Å²) in [5.74, 6) is 0. The van der Waals surface area contributed by atoms with E-state index < -0.39 is 5.60 Å². The SMILES string of the molecule is O=C1OC(CC2(O)CCCCC2)CN1C1CCN(c2ccncc2)CC1. The highest BCUT2D eigenvalue weighted by Gasteiger charge is 2.41. The summed E-state index contributed by atoms with van der Waals surface area (Å²) in [5.41, 5.74) is 0.559. The maximum atomic E-state index is 12.4. The molecule has 1 amide bonds. The quantitative estimate of drug-likeness (QED) is 0.895. The first-order valence-corrected chi connectivity index (χ1v) is 9.98. The number of carbonyl (C=O) groups excluding carboxylic acids is 1. The summed E-state index contributed by atoms with van der Waals surface area (Å²) in [4.78, 5) is 20.7. The molecule has 26 heavy (non-hydrogen) atoms. The van der Waals surface area contributed by atoms with E-state index in [0.717, 1.165) is 51.6 Å². The van der Waals surface area contributed by atoms with Crippen LogP contribution in [0.25, 0.3) is 0 Å². The molecular formula is C20H29N3O3. The summed E-state index contributed by atoms with van der Waals surface area (Å²) >= 11 is 0. The van der Waals surface area contributed by atoms with Crippen LogP contribution in [0.2, 0.25) is 0 Å². The molecule has 0 bridgehead atoms. The van der Waals surface area contributed by atoms with E-state index in [4.69, 9.17) is 4.74 Å². The predicted octanol–water partition coefficient (Wildman–Crippen LogP) is 2.96. The molecule has 6 heteroatoms. The smallest absolute Gasteiger partial charge is 0.410 e. The van der Waals surface area contributed by atoms with Gasteiger partial charge in [0.15, 0.2) is 0 Å². The predicted molar refractivity (Wildman–Crippen MR) is 99.1 cm³/mol. The minimum Gasteiger partial charge on any atom is -0.444 e. The lowest BCUT2D eigenvalue weighted by molar-refractivity contribution is -0.0316. The zero-order valence-corrected chi connectivity index (χ0v) is 15.3. The zero-order chi connectivity index (χ0) is 18.0. The number of aromatic nitrogens is 1. The average molecular weight is 359 g/mol. The molecule has 0 spiro atoms. The number of carbonyl (C=O) groups is 1. The fourth-order valence-electron chi connectivity index (χ4n) is 4.77. The molecule has 3 aliphatic rings. The van der Waals surface area contributed by atoms with Crippen molar-refractivity contribution in [1.82, 2.24) is 9.88 Å². The van der Waals surface area contributed by atoms with Gasteiger partial charge in [-0.05, 0) is 37.8 Å². The van der Waals surface area contributed by atoms with Gasteiger partial charge in [0.1, 0.15) is 6.10 Å². The van der Waals surface area contributed by atoms with Crippen LogP contribution in [0.1, 0.15) is 51.4 Å². The first-order valence-electron chi connectivity index (χ1n) is 9.98. The van der Waals surface area contributed by atoms with Crippen LogP contribution in [0.4, 0.5) is 10.5 Å². The highest BCUT2D eigenvalue weighted by Crippen LogP contribution is 2.35. The molecule has 0 aromatic carbocycles. The summed E-state index contributed by atoms with van der Waals surface area (Å²) in [6.45, 7) is 2.50. The van der Waals surface area contributed by atoms with E-state index in [1.54, 1.807) is 0 Å². The first-order chi connectivity index (χ1) is 12.6. The number of amides is 1. The number of piperidine rings is 1. The van der Waals surface area contributed by atoms with Gasteiger partial charge in [0.25, 0.3) is 0 Å². The van der Waals surface area contributed by atoms with Gasteiger partial charge in [0.05, 0.1) is 12.1 Å². The second-order valence-corrected chi connectivity index (χ2v) is 8.07. The van der Waals surface area contributed by atoms with Gasteiger partial charge < -0.3 is 19.6 Å². The Kier molecular flexibility index (Phi) is 5.02. The van der Waals surface area contributed by atoms with Crippen LogP contribution >= 0.6 is 0 Å². The summed E-state index contributed by atoms with van der Waals surface area (Å²) < 4.78 is 5.61. The van der Waals surface area contributed by atoms with Gasteiger partial charge in [-0.15, -0.1) is 0 Å². The van der Waals surface area contributed by atoms with Gasteiger partial charge in [0.2, 0.25) is 0 Å². The number of hydrogen-bond donors (Lipinski definition) is 1. The van der Waals surface area contributed by atoms with Gasteiger partial charge in [-0.25, -0.2) is 4.79 Å². The van der Waals surface area contributed by atoms with Crippen LogP contribution in [0, 0.1) is 0 Å². The second-order valence-electron chi connectivity index (χ2n) is 8.07. The number of aliphatic hydroxyl groups is 1. The molecule has 1 aliphatic carbocycles. The van der Waals surface area contributed by atoms with E-state index in [-0.39, 0.29) is 18.2 Å². The van der Waals surface area contributed by atoms with Crippen molar-refractivity contribution >= 4 is 11.8 Å². The summed E-state index contributed by atoms with van der Waals surface area (Å²) in [7, 11) is 0. The van der Waals surface area contributed by atoms with Crippen molar-refractivity contribution in [2.45, 2.75) is 69.1 Å². The number of anilines is 1. The third-order valence-electron chi connectivity index (χ3n) is 6.23. The number of cyclic esters (lactones) is 1. The Hall–Kier alpha value is -1.82. The maximum absolute atomic E-state index is 12.4. The Labute approximate surface area is 155 Å². The summed E-state index contributed by atoms with van der Waals surface area (Å²) in [6, 6.07) is 4.31. The van der Waals surface area contributed by atoms with E-state index >= 15 is 0 Å². The van der Waals surface area contributed by atoms with Gasteiger partial charge in [-0.3, -0.25) is 4.98 Å². The summed E-state index contributed by atoms with van der Waals surface area (Å²) in [6.07, 6.45) is 10.8. The molecule has 3 fully saturated rings. The lowest BCUT2D eigenvalue weighted by atomic mass is 9.81. The second kappa shape index (κ2) is 7.43. The normalized spacial score (nSPS) is 26.8. The van der Waals surface area contributed by atoms with E-state index in [0.29, 0.717) is 13.0 Å². The first kappa shape index (κ1) is 17.6. The lowest BCUT2D eigenvalue weighted by Gasteiger charge is -2.37. The Morgan fingerprint density at radius 1 is 1.15 bits per heavy atom. The molecular weight excluding hydrogens is 330 g/mol. The maximum Gasteiger partial charge on any atom is 0.410 e. The van der Waals surface area contributed by atoms with Crippen molar-refractivity contribution < 1.29 is 14.6 Å². The molecule has 0 radical (unpaired) electrons. The highest BCUT2D eigenvalue weighted by atomic mass is 16.6. The van der Waals surface area contributed by atoms with Gasteiger partial charge in [0, 0.05) is 43.6 Å². The molecule has 6 nitrogen and oxygen atoms in total. The van der Waals surface area contributed by atoms with Crippen LogP contribution in [0.5, 0.6) is 0 Å². The van der Waals surface area contributed by atoms with Crippen molar-refractivity contribution in [1.29, 1.82) is 0 Å². The molecule has 1 N–H and O–H groups in total. The minimum atomic E-state index is -0.635. The van der Waals surface area contributed by atoms with Crippen molar-refractivity contribution in [3.05, 3.63) is 24.5 Å². The topological polar surface area (TPSA) is 65.9 Å². The fraction of sp³-hybridized carbons (Fsp3) is 0.700. The third kappa shape index (κ3) is 3.80. The standard InChI is InChI=1S/C20H29N3O3/c24-19-23(15-18(26-19)14-20(25)8-2-1-3-9-20)17-6-12-22(13-7-17)16-4-10-21-11-5-16/h4-5,10-11,17-18,25H,1-3,6-9,12-15H2. The van der Waals surface area contributed by atoms with Gasteiger partial charge in [-0.1, -0.05) is 19.3 Å². The Balaban J connectivity index is 1.31. The fourth-order valence-corrected chi connectivity index (χ4v) is 4.77. The molecule has 142 valence electrons. The van der Waals surface area contributed by atoms with E-state index in [9.17, 15) is 9.90 Å². The van der Waals surface area contributed by atoms with Crippen LogP contribution in [-0.4, -0.2) is 58.5 Å². The highest BCUT2D eigenvalue weighted by molar-refractivity contribution is 5.70. The van der Waals surface area contributed by atoms with E-state index in [2.05, 4.69) is 9.88 Å². The van der Waals surface area contributed by atoms with Crippen molar-refractivity contribution in [2.24, 2.45) is 0 Å². The molecule has 1 atom stereocenters. The average Bonchev–Trinajstić information content (AvgIpc) is 3.02. The van der Waals surface area contributed by atoms with Gasteiger partial charge in [-0.2, -0.15) is 0 Å². The number of rotatable bonds is 4. The number of pyridine rings is 1. The van der Waals surface area contributed by atoms with Crippen molar-refractivity contribution in [3.63, 3.8) is 0 Å². The number of hydrogen-bond acceptors (Lipinski definition) is 5. The molecule has 3 heterocycles. The van der Waals surface area contributed by atoms with Crippen molar-refractivity contribution in [2.75, 3.05) is 24.5 Å². The summed E-state index contributed by atoms with van der Waals surface area (Å²) in [5, 5.41) is 10.8. The Morgan fingerprint density at radius 3 is 2.54 bits per heavy atom. The Bertz CT molecular complexity index is 610. The zero-order valence-electron chi connectivity index (χ0n) is 15.3. The molecule has 1 unspecified atom stereocenters. The largest absolute Gasteiger partial charge is 0.444 e. The molecule has 1 saturated carbocycles. The Morgan fingerprint density at radius 2 is 1.85 bits per heavy atom. The van der Waals surface area contributed by atoms with Crippen molar-refractivity contribution in [3.8, 4) is 0 Å². The molecule has 1 aromatic heterocycles. The van der Waals surface area contributed by atoms with E-state index in [1.807, 2.05) is 29.4 Å². The van der Waals surface area contributed by atoms with E-state index in [1.165, 1.54) is 12.1 Å². The third-order valence-corrected chi connectivity index (χ3v) is 6.23. The molecule has 2 saturated heterocycles. The molecule has 4 rings (SSSR count).